The largest absolute Gasteiger partial charge is 1.00 e. The Bertz CT molecular complexity index is 914. The van der Waals surface area contributed by atoms with Gasteiger partial charge in [0, 0.05) is 9.11 Å². The predicted molar refractivity (Wildman–Crippen MR) is 118 cm³/mol. The van der Waals surface area contributed by atoms with Crippen LogP contribution in [0.1, 0.15) is 29.7 Å². The van der Waals surface area contributed by atoms with E-state index in [1.54, 1.807) is 0 Å². The van der Waals surface area contributed by atoms with Crippen molar-refractivity contribution < 1.29 is 25.8 Å². The van der Waals surface area contributed by atoms with Crippen molar-refractivity contribution in [1.29, 1.82) is 0 Å². The molecule has 0 spiro atoms. The highest BCUT2D eigenvalue weighted by Crippen LogP contribution is 2.58. The maximum absolute atomic E-state index is 9.50. The molecule has 1 fully saturated rings. The minimum Gasteiger partial charge on any atom is -1.00 e. The minimum atomic E-state index is -2.63. The topological polar surface area (TPSA) is 9.23 Å². The molecular formula is C25H26BrOP. The molecule has 1 aliphatic rings. The maximum Gasteiger partial charge on any atom is 0.140 e. The summed E-state index contributed by atoms with van der Waals surface area (Å²) in [7, 11) is -2.63. The van der Waals surface area contributed by atoms with Crippen LogP contribution in [-0.2, 0) is 4.74 Å². The van der Waals surface area contributed by atoms with Crippen molar-refractivity contribution in [3.8, 4) is 0 Å². The van der Waals surface area contributed by atoms with Gasteiger partial charge in [-0.15, -0.1) is 0 Å². The van der Waals surface area contributed by atoms with Gasteiger partial charge >= 0.3 is 0 Å². The highest BCUT2D eigenvalue weighted by molar-refractivity contribution is 7.98. The monoisotopic (exact) mass is 455 g/mol. The first-order valence-electron chi connectivity index (χ1n) is 11.0. The summed E-state index contributed by atoms with van der Waals surface area (Å²) in [4.78, 5) is 0. The van der Waals surface area contributed by atoms with Crippen molar-refractivity contribution in [2.75, 3.05) is 6.61 Å². The number of rotatable bonds is 4. The lowest BCUT2D eigenvalue weighted by Gasteiger charge is -2.25. The number of hydrogen-bond donors (Lipinski definition) is 0. The molecule has 0 saturated carbocycles. The Morgan fingerprint density at radius 1 is 0.714 bits per heavy atom. The highest BCUT2D eigenvalue weighted by atomic mass is 79.9. The molecule has 144 valence electrons. The van der Waals surface area contributed by atoms with Crippen LogP contribution in [0.2, 0.25) is 0 Å². The van der Waals surface area contributed by atoms with Crippen molar-refractivity contribution in [3.63, 3.8) is 0 Å². The van der Waals surface area contributed by atoms with E-state index in [1.165, 1.54) is 0 Å². The van der Waals surface area contributed by atoms with Crippen LogP contribution in [0.15, 0.2) is 103 Å². The van der Waals surface area contributed by atoms with Crippen LogP contribution >= 0.6 is 7.26 Å². The van der Waals surface area contributed by atoms with Gasteiger partial charge in [0.15, 0.2) is 0 Å². The van der Waals surface area contributed by atoms with E-state index in [9.17, 15) is 1.37 Å². The Labute approximate surface area is 183 Å². The molecule has 0 unspecified atom stereocenters. The number of halogens is 1. The Kier molecular flexibility index (Phi) is 6.11. The van der Waals surface area contributed by atoms with Gasteiger partial charge in [0.25, 0.3) is 0 Å². The highest BCUT2D eigenvalue weighted by Gasteiger charge is 2.44. The summed E-state index contributed by atoms with van der Waals surface area (Å²) in [6.07, 6.45) is 0.293. The van der Waals surface area contributed by atoms with Crippen molar-refractivity contribution in [2.45, 2.75) is 25.6 Å². The minimum absolute atomic E-state index is 0. The third-order valence-corrected chi connectivity index (χ3v) is 8.56. The van der Waals surface area contributed by atoms with E-state index in [0.717, 1.165) is 28.8 Å². The van der Waals surface area contributed by atoms with Gasteiger partial charge in [-0.2, -0.15) is 0 Å². The molecule has 0 amide bonds. The summed E-state index contributed by atoms with van der Waals surface area (Å²) in [5.74, 6) is 0.475. The van der Waals surface area contributed by atoms with Crippen LogP contribution in [0.3, 0.4) is 0 Å². The van der Waals surface area contributed by atoms with Gasteiger partial charge in [0.2, 0.25) is 0 Å². The van der Waals surface area contributed by atoms with Crippen molar-refractivity contribution >= 4 is 23.2 Å². The van der Waals surface area contributed by atoms with Gasteiger partial charge in [-0.3, -0.25) is 0 Å². The molecule has 4 rings (SSSR count). The van der Waals surface area contributed by atoms with E-state index >= 15 is 0 Å². The lowest BCUT2D eigenvalue weighted by atomic mass is 10.2. The molecular weight excluding hydrogens is 427 g/mol. The zero-order valence-corrected chi connectivity index (χ0v) is 18.2. The lowest BCUT2D eigenvalue weighted by Crippen LogP contribution is -3.00. The normalized spacial score (nSPS) is 19.6. The van der Waals surface area contributed by atoms with Gasteiger partial charge in [0.05, 0.1) is 6.61 Å². The Balaban J connectivity index is 0.00000272. The average molecular weight is 456 g/mol. The van der Waals surface area contributed by atoms with Gasteiger partial charge in [-0.05, 0) is 55.7 Å². The second kappa shape index (κ2) is 10.0. The zero-order chi connectivity index (χ0) is 21.0. The predicted octanol–water partition coefficient (Wildman–Crippen LogP) is 2.42. The number of benzene rings is 3. The Hall–Kier alpha value is -1.89. The fraction of sp³-hybridized carbons (Fsp3) is 0.200. The van der Waals surface area contributed by atoms with Crippen LogP contribution in [0, 0.1) is 0 Å². The van der Waals surface area contributed by atoms with E-state index in [0.29, 0.717) is 13.0 Å². The van der Waals surface area contributed by atoms with E-state index in [-0.39, 0.29) is 28.5 Å². The van der Waals surface area contributed by atoms with E-state index in [2.05, 4.69) is 36.4 Å². The molecule has 1 saturated heterocycles. The first kappa shape index (κ1) is 17.0. The SMILES string of the molecule is [2H]C(=C1OCCCCC1([2H])[2H])[P+](c1ccccc1)(c1ccccc1)c1ccccc1.[Br-]. The average Bonchev–Trinajstić information content (AvgIpc) is 2.96. The standard InChI is InChI=1S/C25H26OP.BrH/c1-6-14-23(15-7-1)27(24-16-8-2-9-17-24,25-18-10-3-11-19-25)21-22-13-5-4-12-20-26-22;/h1-3,6-11,14-19,21H,4-5,12-13,20H2;1H/q+1;/p-1/i13D2,21D;. The summed E-state index contributed by atoms with van der Waals surface area (Å²) in [5.41, 5.74) is 0. The quantitative estimate of drug-likeness (QED) is 0.549. The lowest BCUT2D eigenvalue weighted by molar-refractivity contribution is -0.00000606. The van der Waals surface area contributed by atoms with Crippen molar-refractivity contribution in [2.24, 2.45) is 0 Å². The fourth-order valence-electron chi connectivity index (χ4n) is 3.47. The van der Waals surface area contributed by atoms with E-state index in [1.807, 2.05) is 54.6 Å². The first-order chi connectivity index (χ1) is 14.6. The van der Waals surface area contributed by atoms with Crippen LogP contribution < -0.4 is 32.9 Å². The van der Waals surface area contributed by atoms with Crippen LogP contribution in [-0.4, -0.2) is 6.61 Å². The molecule has 0 radical (unpaired) electrons. The molecule has 0 aromatic heterocycles. The third-order valence-electron chi connectivity index (χ3n) is 4.80. The molecule has 28 heavy (non-hydrogen) atoms. The second-order valence-electron chi connectivity index (χ2n) is 6.60. The molecule has 1 heterocycles. The summed E-state index contributed by atoms with van der Waals surface area (Å²) >= 11 is 0. The fourth-order valence-corrected chi connectivity index (χ4v) is 7.06. The number of ether oxygens (including phenoxy) is 1. The second-order valence-corrected chi connectivity index (χ2v) is 9.72. The Morgan fingerprint density at radius 2 is 1.18 bits per heavy atom. The summed E-state index contributed by atoms with van der Waals surface area (Å²) in [6.45, 7) is 0.454. The van der Waals surface area contributed by atoms with E-state index < -0.39 is 13.6 Å². The smallest absolute Gasteiger partial charge is 0.140 e. The van der Waals surface area contributed by atoms with Gasteiger partial charge in [-0.25, -0.2) is 0 Å². The maximum atomic E-state index is 9.50. The number of allylic oxidation sites excluding steroid dienone is 1. The summed E-state index contributed by atoms with van der Waals surface area (Å²) in [6, 6.07) is 30.3. The first-order valence-corrected chi connectivity index (χ1v) is 11.3. The van der Waals surface area contributed by atoms with Crippen molar-refractivity contribution in [1.82, 2.24) is 0 Å². The molecule has 0 aliphatic carbocycles. The molecule has 0 bridgehead atoms. The van der Waals surface area contributed by atoms with Crippen LogP contribution in [0.25, 0.3) is 0 Å². The van der Waals surface area contributed by atoms with Gasteiger partial charge in [-0.1, -0.05) is 54.6 Å². The molecule has 3 aromatic carbocycles. The molecule has 3 aromatic rings. The van der Waals surface area contributed by atoms with Gasteiger partial charge < -0.3 is 21.7 Å². The summed E-state index contributed by atoms with van der Waals surface area (Å²) in [5, 5.41) is 3.09. The molecule has 3 heteroatoms. The zero-order valence-electron chi connectivity index (χ0n) is 18.7. The van der Waals surface area contributed by atoms with Crippen LogP contribution in [0.4, 0.5) is 0 Å². The molecule has 0 atom stereocenters. The Morgan fingerprint density at radius 3 is 1.64 bits per heavy atom. The van der Waals surface area contributed by atoms with E-state index in [4.69, 9.17) is 7.48 Å². The number of hydrogen-bond acceptors (Lipinski definition) is 1. The van der Waals surface area contributed by atoms with Crippen molar-refractivity contribution in [3.05, 3.63) is 103 Å². The molecule has 1 aliphatic heterocycles. The molecule has 1 nitrogen and oxygen atoms in total. The summed E-state index contributed by atoms with van der Waals surface area (Å²) < 4.78 is 32.9. The van der Waals surface area contributed by atoms with Crippen LogP contribution in [0.5, 0.6) is 0 Å². The van der Waals surface area contributed by atoms with Gasteiger partial charge in [0.1, 0.15) is 36.1 Å². The molecule has 0 N–H and O–H groups in total. The third kappa shape index (κ3) is 4.40.